The van der Waals surface area contributed by atoms with Gasteiger partial charge in [0.1, 0.15) is 12.4 Å². The molecule has 0 aliphatic carbocycles. The summed E-state index contributed by atoms with van der Waals surface area (Å²) >= 11 is 0. The maximum atomic E-state index is 13.8. The average molecular weight is 252 g/mol. The van der Waals surface area contributed by atoms with Gasteiger partial charge in [-0.3, -0.25) is 4.79 Å². The van der Waals surface area contributed by atoms with Gasteiger partial charge in [0.15, 0.2) is 0 Å². The minimum atomic E-state index is -0.373. The predicted octanol–water partition coefficient (Wildman–Crippen LogP) is 1.17. The number of nitrogens with zero attached hydrogens (tertiary/aromatic N) is 1. The molecule has 1 saturated heterocycles. The van der Waals surface area contributed by atoms with E-state index in [2.05, 4.69) is 5.32 Å². The molecule has 1 aromatic carbocycles. The van der Waals surface area contributed by atoms with Gasteiger partial charge in [0.05, 0.1) is 18.3 Å². The van der Waals surface area contributed by atoms with Crippen LogP contribution in [0.1, 0.15) is 6.42 Å². The summed E-state index contributed by atoms with van der Waals surface area (Å²) in [5, 5.41) is 3.03. The number of amides is 1. The standard InChI is InChI=1S/C13H17FN2O2/c1-15-7-6-10-8-18-9-13(17)16(10)12-5-3-2-4-11(12)14/h2-5,10,15H,6-9H2,1H3. The number of carbonyl (C=O) groups is 1. The van der Waals surface area contributed by atoms with E-state index in [1.54, 1.807) is 18.2 Å². The second-order valence-corrected chi connectivity index (χ2v) is 4.28. The number of hydrogen-bond acceptors (Lipinski definition) is 3. The molecule has 0 spiro atoms. The van der Waals surface area contributed by atoms with Crippen molar-refractivity contribution in [3.05, 3.63) is 30.1 Å². The van der Waals surface area contributed by atoms with Gasteiger partial charge in [0, 0.05) is 0 Å². The van der Waals surface area contributed by atoms with Crippen LogP contribution in [-0.4, -0.2) is 38.8 Å². The quantitative estimate of drug-likeness (QED) is 0.874. The second kappa shape index (κ2) is 5.93. The van der Waals surface area contributed by atoms with E-state index in [0.717, 1.165) is 13.0 Å². The Kier molecular flexibility index (Phi) is 4.28. The molecule has 0 saturated carbocycles. The summed E-state index contributed by atoms with van der Waals surface area (Å²) < 4.78 is 19.0. The van der Waals surface area contributed by atoms with Crippen LogP contribution in [0.2, 0.25) is 0 Å². The van der Waals surface area contributed by atoms with Gasteiger partial charge >= 0.3 is 0 Å². The fourth-order valence-corrected chi connectivity index (χ4v) is 2.13. The number of carbonyl (C=O) groups excluding carboxylic acids is 1. The Labute approximate surface area is 106 Å². The van der Waals surface area contributed by atoms with Gasteiger partial charge in [-0.1, -0.05) is 12.1 Å². The van der Waals surface area contributed by atoms with Crippen molar-refractivity contribution in [2.24, 2.45) is 0 Å². The molecule has 0 bridgehead atoms. The molecule has 1 N–H and O–H groups in total. The van der Waals surface area contributed by atoms with Gasteiger partial charge in [-0.2, -0.15) is 0 Å². The van der Waals surface area contributed by atoms with Gasteiger partial charge in [0.25, 0.3) is 5.91 Å². The Morgan fingerprint density at radius 2 is 2.28 bits per heavy atom. The number of rotatable bonds is 4. The molecule has 1 unspecified atom stereocenters. The number of ether oxygens (including phenoxy) is 1. The lowest BCUT2D eigenvalue weighted by atomic mass is 10.1. The Hall–Kier alpha value is -1.46. The van der Waals surface area contributed by atoms with Crippen LogP contribution in [0, 0.1) is 5.82 Å². The molecule has 1 atom stereocenters. The summed E-state index contributed by atoms with van der Waals surface area (Å²) in [6, 6.07) is 6.23. The molecule has 1 fully saturated rings. The lowest BCUT2D eigenvalue weighted by Crippen LogP contribution is -2.50. The molecule has 1 aliphatic heterocycles. The molecule has 1 amide bonds. The minimum absolute atomic E-state index is 0.0182. The predicted molar refractivity (Wildman–Crippen MR) is 67.0 cm³/mol. The number of morpholine rings is 1. The van der Waals surface area contributed by atoms with Crippen LogP contribution in [0.4, 0.5) is 10.1 Å². The first-order valence-corrected chi connectivity index (χ1v) is 6.03. The van der Waals surface area contributed by atoms with Crippen molar-refractivity contribution in [1.29, 1.82) is 0 Å². The van der Waals surface area contributed by atoms with Crippen LogP contribution in [0.5, 0.6) is 0 Å². The third-order valence-corrected chi connectivity index (χ3v) is 3.01. The summed E-state index contributed by atoms with van der Waals surface area (Å²) in [7, 11) is 1.85. The van der Waals surface area contributed by atoms with Crippen molar-refractivity contribution in [2.45, 2.75) is 12.5 Å². The molecule has 4 nitrogen and oxygen atoms in total. The molecule has 1 aliphatic rings. The van der Waals surface area contributed by atoms with Crippen molar-refractivity contribution in [2.75, 3.05) is 31.7 Å². The second-order valence-electron chi connectivity index (χ2n) is 4.28. The minimum Gasteiger partial charge on any atom is -0.369 e. The van der Waals surface area contributed by atoms with E-state index < -0.39 is 0 Å². The monoisotopic (exact) mass is 252 g/mol. The van der Waals surface area contributed by atoms with E-state index in [1.165, 1.54) is 11.0 Å². The summed E-state index contributed by atoms with van der Waals surface area (Å²) in [6.45, 7) is 1.22. The summed E-state index contributed by atoms with van der Waals surface area (Å²) in [6.07, 6.45) is 0.733. The molecule has 0 aromatic heterocycles. The Morgan fingerprint density at radius 3 is 3.00 bits per heavy atom. The Morgan fingerprint density at radius 1 is 1.50 bits per heavy atom. The lowest BCUT2D eigenvalue weighted by molar-refractivity contribution is -0.127. The van der Waals surface area contributed by atoms with Crippen LogP contribution < -0.4 is 10.2 Å². The van der Waals surface area contributed by atoms with Crippen molar-refractivity contribution in [1.82, 2.24) is 5.32 Å². The smallest absolute Gasteiger partial charge is 0.253 e. The van der Waals surface area contributed by atoms with Gasteiger partial charge in [-0.05, 0) is 32.1 Å². The Bertz CT molecular complexity index is 425. The topological polar surface area (TPSA) is 41.6 Å². The molecule has 5 heteroatoms. The fourth-order valence-electron chi connectivity index (χ4n) is 2.13. The van der Waals surface area contributed by atoms with Gasteiger partial charge in [-0.25, -0.2) is 4.39 Å². The highest BCUT2D eigenvalue weighted by atomic mass is 19.1. The van der Waals surface area contributed by atoms with Crippen molar-refractivity contribution in [3.63, 3.8) is 0 Å². The summed E-state index contributed by atoms with van der Waals surface area (Å²) in [5.41, 5.74) is 0.340. The first kappa shape index (κ1) is 13.0. The number of hydrogen-bond donors (Lipinski definition) is 1. The van der Waals surface area contributed by atoms with Crippen molar-refractivity contribution < 1.29 is 13.9 Å². The van der Waals surface area contributed by atoms with Crippen LogP contribution >= 0.6 is 0 Å². The zero-order valence-electron chi connectivity index (χ0n) is 10.4. The molecular formula is C13H17FN2O2. The van der Waals surface area contributed by atoms with E-state index in [9.17, 15) is 9.18 Å². The van der Waals surface area contributed by atoms with Crippen LogP contribution in [0.15, 0.2) is 24.3 Å². The van der Waals surface area contributed by atoms with Gasteiger partial charge < -0.3 is 15.0 Å². The van der Waals surface area contributed by atoms with Crippen LogP contribution in [-0.2, 0) is 9.53 Å². The molecule has 98 valence electrons. The lowest BCUT2D eigenvalue weighted by Gasteiger charge is -2.35. The van der Waals surface area contributed by atoms with Crippen LogP contribution in [0.3, 0.4) is 0 Å². The molecule has 1 aromatic rings. The third-order valence-electron chi connectivity index (χ3n) is 3.01. The highest BCUT2D eigenvalue weighted by molar-refractivity contribution is 5.95. The van der Waals surface area contributed by atoms with Gasteiger partial charge in [0.2, 0.25) is 0 Å². The maximum absolute atomic E-state index is 13.8. The molecular weight excluding hydrogens is 235 g/mol. The van der Waals surface area contributed by atoms with Crippen molar-refractivity contribution in [3.8, 4) is 0 Å². The highest BCUT2D eigenvalue weighted by Gasteiger charge is 2.31. The zero-order valence-corrected chi connectivity index (χ0v) is 10.4. The summed E-state index contributed by atoms with van der Waals surface area (Å²) in [4.78, 5) is 13.5. The molecule has 0 radical (unpaired) electrons. The molecule has 18 heavy (non-hydrogen) atoms. The number of anilines is 1. The zero-order chi connectivity index (χ0) is 13.0. The number of nitrogens with one attached hydrogen (secondary N) is 1. The normalized spacial score (nSPS) is 20.2. The SMILES string of the molecule is CNCCC1COCC(=O)N1c1ccccc1F. The third kappa shape index (κ3) is 2.68. The van der Waals surface area contributed by atoms with Crippen LogP contribution in [0.25, 0.3) is 0 Å². The number of para-hydroxylation sites is 1. The van der Waals surface area contributed by atoms with Gasteiger partial charge in [-0.15, -0.1) is 0 Å². The van der Waals surface area contributed by atoms with E-state index in [-0.39, 0.29) is 24.4 Å². The molecule has 1 heterocycles. The maximum Gasteiger partial charge on any atom is 0.253 e. The average Bonchev–Trinajstić information content (AvgIpc) is 2.38. The number of benzene rings is 1. The largest absolute Gasteiger partial charge is 0.369 e. The number of halogens is 1. The van der Waals surface area contributed by atoms with Crippen molar-refractivity contribution >= 4 is 11.6 Å². The first-order valence-electron chi connectivity index (χ1n) is 6.03. The Balaban J connectivity index is 2.24. The van der Waals surface area contributed by atoms with E-state index >= 15 is 0 Å². The van der Waals surface area contributed by atoms with E-state index in [4.69, 9.17) is 4.74 Å². The highest BCUT2D eigenvalue weighted by Crippen LogP contribution is 2.24. The summed E-state index contributed by atoms with van der Waals surface area (Å²) in [5.74, 6) is -0.560. The molecule has 2 rings (SSSR count). The van der Waals surface area contributed by atoms with E-state index in [0.29, 0.717) is 12.3 Å². The first-order chi connectivity index (χ1) is 8.74. The van der Waals surface area contributed by atoms with E-state index in [1.807, 2.05) is 7.05 Å². The fraction of sp³-hybridized carbons (Fsp3) is 0.462.